The summed E-state index contributed by atoms with van der Waals surface area (Å²) < 4.78 is 25.1. The predicted octanol–water partition coefficient (Wildman–Crippen LogP) is 1.11. The number of amides is 1. The minimum Gasteiger partial charge on any atom is -0.333 e. The van der Waals surface area contributed by atoms with Crippen molar-refractivity contribution in [2.24, 2.45) is 0 Å². The summed E-state index contributed by atoms with van der Waals surface area (Å²) in [5.41, 5.74) is 2.28. The predicted molar refractivity (Wildman–Crippen MR) is 78.9 cm³/mol. The van der Waals surface area contributed by atoms with Crippen LogP contribution in [0.2, 0.25) is 0 Å². The summed E-state index contributed by atoms with van der Waals surface area (Å²) in [5, 5.41) is 0. The molecule has 5 nitrogen and oxygen atoms in total. The number of rotatable bonds is 2. The number of alkyl halides is 1. The summed E-state index contributed by atoms with van der Waals surface area (Å²) >= 11 is 2.99. The molecule has 0 unspecified atom stereocenters. The van der Waals surface area contributed by atoms with Gasteiger partial charge >= 0.3 is 0 Å². The zero-order valence-corrected chi connectivity index (χ0v) is 13.2. The molecule has 1 atom stereocenters. The van der Waals surface area contributed by atoms with E-state index in [1.807, 2.05) is 23.1 Å². The zero-order valence-electron chi connectivity index (χ0n) is 10.8. The van der Waals surface area contributed by atoms with Gasteiger partial charge in [0.1, 0.15) is 4.66 Å². The first kappa shape index (κ1) is 14.0. The van der Waals surface area contributed by atoms with Crippen LogP contribution in [0, 0.1) is 0 Å². The molecule has 2 aliphatic heterocycles. The molecular weight excluding hydrogens is 344 g/mol. The topological polar surface area (TPSA) is 57.7 Å². The molecule has 1 aromatic carbocycles. The summed E-state index contributed by atoms with van der Waals surface area (Å²) in [6.45, 7) is 0.964. The highest BCUT2D eigenvalue weighted by atomic mass is 79.9. The van der Waals surface area contributed by atoms with Crippen molar-refractivity contribution in [1.29, 1.82) is 0 Å². The van der Waals surface area contributed by atoms with Gasteiger partial charge in [-0.2, -0.15) is 4.31 Å². The van der Waals surface area contributed by atoms with E-state index in [1.54, 1.807) is 0 Å². The first-order chi connectivity index (χ1) is 9.53. The molecular formula is C13H15BrN2O3S. The van der Waals surface area contributed by atoms with Crippen LogP contribution in [0.3, 0.4) is 0 Å². The minimum absolute atomic E-state index is 0.0490. The molecule has 0 aliphatic carbocycles. The number of carbonyl (C=O) groups is 1. The van der Waals surface area contributed by atoms with Crippen molar-refractivity contribution in [2.75, 3.05) is 24.3 Å². The fraction of sp³-hybridized carbons (Fsp3) is 0.462. The van der Waals surface area contributed by atoms with Crippen molar-refractivity contribution >= 4 is 31.9 Å². The second-order valence-corrected chi connectivity index (χ2v) is 8.34. The molecule has 0 aromatic heterocycles. The van der Waals surface area contributed by atoms with Crippen LogP contribution >= 0.6 is 15.9 Å². The van der Waals surface area contributed by atoms with Crippen LogP contribution in [0.4, 0.5) is 0 Å². The van der Waals surface area contributed by atoms with Gasteiger partial charge in [0.05, 0.1) is 12.6 Å². The van der Waals surface area contributed by atoms with E-state index in [1.165, 1.54) is 9.87 Å². The van der Waals surface area contributed by atoms with Crippen molar-refractivity contribution in [3.63, 3.8) is 0 Å². The normalized spacial score (nSPS) is 23.4. The monoisotopic (exact) mass is 358 g/mol. The van der Waals surface area contributed by atoms with Crippen molar-refractivity contribution < 1.29 is 13.2 Å². The minimum atomic E-state index is -3.40. The zero-order chi connectivity index (χ0) is 14.3. The van der Waals surface area contributed by atoms with Crippen LogP contribution in [-0.2, 0) is 21.2 Å². The molecule has 3 rings (SSSR count). The maximum atomic E-state index is 12.2. The molecule has 0 spiro atoms. The van der Waals surface area contributed by atoms with Gasteiger partial charge < -0.3 is 4.90 Å². The summed E-state index contributed by atoms with van der Waals surface area (Å²) in [4.78, 5) is 14.0. The Balaban J connectivity index is 1.98. The molecule has 7 heteroatoms. The third-order valence-electron chi connectivity index (χ3n) is 3.95. The molecule has 2 aliphatic rings. The second-order valence-electron chi connectivity index (χ2n) is 5.07. The van der Waals surface area contributed by atoms with Crippen molar-refractivity contribution in [1.82, 2.24) is 9.21 Å². The average molecular weight is 359 g/mol. The number of halogens is 1. The van der Waals surface area contributed by atoms with Crippen molar-refractivity contribution in [2.45, 2.75) is 12.5 Å². The Bertz CT molecular complexity index is 647. The van der Waals surface area contributed by atoms with Gasteiger partial charge in [-0.05, 0) is 17.5 Å². The Labute approximate surface area is 126 Å². The number of benzene rings is 1. The van der Waals surface area contributed by atoms with Gasteiger partial charge in [0.2, 0.25) is 15.9 Å². The van der Waals surface area contributed by atoms with Crippen LogP contribution in [0.1, 0.15) is 17.2 Å². The largest absolute Gasteiger partial charge is 0.333 e. The first-order valence-electron chi connectivity index (χ1n) is 6.44. The highest BCUT2D eigenvalue weighted by Gasteiger charge is 2.40. The van der Waals surface area contributed by atoms with Crippen LogP contribution < -0.4 is 0 Å². The van der Waals surface area contributed by atoms with E-state index in [0.717, 1.165) is 12.0 Å². The number of sulfonamides is 1. The van der Waals surface area contributed by atoms with Gasteiger partial charge in [-0.15, -0.1) is 0 Å². The van der Waals surface area contributed by atoms with E-state index in [9.17, 15) is 13.2 Å². The molecule has 1 aromatic rings. The first-order valence-corrected chi connectivity index (χ1v) is 9.17. The highest BCUT2D eigenvalue weighted by Crippen LogP contribution is 2.33. The molecule has 108 valence electrons. The smallest absolute Gasteiger partial charge is 0.238 e. The third kappa shape index (κ3) is 2.27. The fourth-order valence-corrected chi connectivity index (χ4v) is 4.61. The molecule has 0 radical (unpaired) electrons. The maximum absolute atomic E-state index is 12.2. The molecule has 20 heavy (non-hydrogen) atoms. The lowest BCUT2D eigenvalue weighted by atomic mass is 9.91. The quantitative estimate of drug-likeness (QED) is 0.744. The summed E-state index contributed by atoms with van der Waals surface area (Å²) in [5.74, 6) is -0.111. The molecule has 0 bridgehead atoms. The number of nitrogens with zero attached hydrogens (tertiary/aromatic N) is 2. The van der Waals surface area contributed by atoms with Gasteiger partial charge in [0, 0.05) is 13.1 Å². The molecule has 0 N–H and O–H groups in total. The third-order valence-corrected chi connectivity index (χ3v) is 7.03. The number of hydrogen-bond donors (Lipinski definition) is 0. The lowest BCUT2D eigenvalue weighted by Gasteiger charge is -2.43. The fourth-order valence-electron chi connectivity index (χ4n) is 2.93. The van der Waals surface area contributed by atoms with Crippen LogP contribution in [0.15, 0.2) is 24.3 Å². The molecule has 1 saturated heterocycles. The molecule has 0 saturated carbocycles. The van der Waals surface area contributed by atoms with E-state index in [4.69, 9.17) is 0 Å². The van der Waals surface area contributed by atoms with Crippen LogP contribution in [-0.4, -0.2) is 47.8 Å². The molecule has 1 amide bonds. The highest BCUT2D eigenvalue weighted by molar-refractivity contribution is 9.10. The Morgan fingerprint density at radius 3 is 2.80 bits per heavy atom. The average Bonchev–Trinajstić information content (AvgIpc) is 2.47. The van der Waals surface area contributed by atoms with Crippen LogP contribution in [0.25, 0.3) is 0 Å². The van der Waals surface area contributed by atoms with Gasteiger partial charge in [0.25, 0.3) is 0 Å². The Morgan fingerprint density at radius 1 is 1.30 bits per heavy atom. The SMILES string of the molecule is O=C1CN(S(=O)(=O)CBr)C[C@@H]2c3ccccc3CCN12. The second kappa shape index (κ2) is 5.13. The molecule has 2 heterocycles. The summed E-state index contributed by atoms with van der Waals surface area (Å²) in [7, 11) is -3.40. The van der Waals surface area contributed by atoms with E-state index in [-0.39, 0.29) is 23.2 Å². The Morgan fingerprint density at radius 2 is 2.05 bits per heavy atom. The van der Waals surface area contributed by atoms with Crippen molar-refractivity contribution in [3.8, 4) is 0 Å². The van der Waals surface area contributed by atoms with E-state index >= 15 is 0 Å². The van der Waals surface area contributed by atoms with Gasteiger partial charge in [-0.1, -0.05) is 40.2 Å². The van der Waals surface area contributed by atoms with Crippen LogP contribution in [0.5, 0.6) is 0 Å². The lowest BCUT2D eigenvalue weighted by molar-refractivity contribution is -0.138. The van der Waals surface area contributed by atoms with E-state index in [0.29, 0.717) is 13.1 Å². The lowest BCUT2D eigenvalue weighted by Crippen LogP contribution is -2.55. The number of fused-ring (bicyclic) bond motifs is 3. The molecule has 1 fully saturated rings. The van der Waals surface area contributed by atoms with Gasteiger partial charge in [-0.25, -0.2) is 8.42 Å². The van der Waals surface area contributed by atoms with Gasteiger partial charge in [0.15, 0.2) is 0 Å². The van der Waals surface area contributed by atoms with E-state index in [2.05, 4.69) is 22.0 Å². The standard InChI is InChI=1S/C13H15BrN2O3S/c14-9-20(18,19)15-7-12-11-4-2-1-3-10(11)5-6-16(12)13(17)8-15/h1-4,12H,5-9H2/t12-/m1/s1. The van der Waals surface area contributed by atoms with E-state index < -0.39 is 10.0 Å². The summed E-state index contributed by atoms with van der Waals surface area (Å²) in [6.07, 6.45) is 0.837. The van der Waals surface area contributed by atoms with Crippen molar-refractivity contribution in [3.05, 3.63) is 35.4 Å². The summed E-state index contributed by atoms with van der Waals surface area (Å²) in [6, 6.07) is 7.80. The Hall–Kier alpha value is -0.920. The number of hydrogen-bond acceptors (Lipinski definition) is 3. The Kier molecular flexibility index (Phi) is 3.60. The number of piperazine rings is 1. The van der Waals surface area contributed by atoms with Gasteiger partial charge in [-0.3, -0.25) is 4.79 Å². The maximum Gasteiger partial charge on any atom is 0.238 e. The number of carbonyl (C=O) groups excluding carboxylic acids is 1.